The van der Waals surface area contributed by atoms with Gasteiger partial charge in [0.2, 0.25) is 0 Å². The van der Waals surface area contributed by atoms with Crippen LogP contribution in [0.1, 0.15) is 1.37 Å². The first-order chi connectivity index (χ1) is 23.7. The average Bonchev–Trinajstić information content (AvgIpc) is 3.52. The quantitative estimate of drug-likeness (QED) is 0.146. The molecule has 218 valence electrons. The molecule has 10 aromatic rings. The minimum Gasteiger partial charge on any atom is -0.456 e. The van der Waals surface area contributed by atoms with Crippen LogP contribution >= 0.6 is 0 Å². The number of fused-ring (bicyclic) bond motifs is 8. The molecular formula is C46H28O. The highest BCUT2D eigenvalue weighted by atomic mass is 16.3. The Morgan fingerprint density at radius 1 is 0.362 bits per heavy atom. The monoisotopic (exact) mass is 597 g/mol. The molecule has 0 saturated heterocycles. The Kier molecular flexibility index (Phi) is 5.42. The van der Waals surface area contributed by atoms with E-state index in [1.165, 1.54) is 37.9 Å². The highest BCUT2D eigenvalue weighted by Gasteiger charge is 2.20. The van der Waals surface area contributed by atoms with Crippen LogP contribution < -0.4 is 0 Å². The lowest BCUT2D eigenvalue weighted by Gasteiger charge is -2.18. The molecule has 0 aliphatic heterocycles. The molecule has 1 heterocycles. The molecule has 0 N–H and O–H groups in total. The molecule has 47 heavy (non-hydrogen) atoms. The first-order valence-corrected chi connectivity index (χ1v) is 16.1. The standard InChI is InChI=1S/C46H28O/c1-2-13-29(14-3-1)44-35-19-8-10-21-37(35)45(38-22-11-9-20-36(38)44)40-23-12-24-42-46(40)39-26-25-31(28-43(39)47-42)41-27-30-15-4-5-16-32(30)33-17-6-7-18-34(33)41/h1-28H/i8D. The minimum atomic E-state index is 0.502. The zero-order valence-electron chi connectivity index (χ0n) is 26.5. The molecule has 1 nitrogen and oxygen atoms in total. The Bertz CT molecular complexity index is 2900. The fraction of sp³-hybridized carbons (Fsp3) is 0. The van der Waals surface area contributed by atoms with Crippen LogP contribution in [0.4, 0.5) is 0 Å². The summed E-state index contributed by atoms with van der Waals surface area (Å²) in [6.07, 6.45) is 0. The maximum absolute atomic E-state index is 8.60. The van der Waals surface area contributed by atoms with E-state index in [0.717, 1.165) is 60.5 Å². The summed E-state index contributed by atoms with van der Waals surface area (Å²) in [5.74, 6) is 0. The second-order valence-electron chi connectivity index (χ2n) is 12.3. The van der Waals surface area contributed by atoms with Crippen molar-refractivity contribution in [3.63, 3.8) is 0 Å². The summed E-state index contributed by atoms with van der Waals surface area (Å²) in [6.45, 7) is 0. The predicted octanol–water partition coefficient (Wildman–Crippen LogP) is 13.2. The number of furan rings is 1. The molecule has 0 fully saturated rings. The van der Waals surface area contributed by atoms with E-state index in [2.05, 4.69) is 152 Å². The van der Waals surface area contributed by atoms with Gasteiger partial charge in [-0.15, -0.1) is 0 Å². The van der Waals surface area contributed by atoms with Crippen LogP contribution in [0.25, 0.3) is 98.4 Å². The third-order valence-electron chi connectivity index (χ3n) is 9.78. The van der Waals surface area contributed by atoms with Crippen LogP contribution in [0.2, 0.25) is 0 Å². The average molecular weight is 598 g/mol. The van der Waals surface area contributed by atoms with Crippen LogP contribution in [0.3, 0.4) is 0 Å². The topological polar surface area (TPSA) is 13.1 Å². The lowest BCUT2D eigenvalue weighted by atomic mass is 9.85. The molecule has 0 radical (unpaired) electrons. The number of hydrogen-bond donors (Lipinski definition) is 0. The van der Waals surface area contributed by atoms with Gasteiger partial charge in [0, 0.05) is 10.8 Å². The third kappa shape index (κ3) is 3.90. The van der Waals surface area contributed by atoms with E-state index in [4.69, 9.17) is 5.79 Å². The molecule has 0 spiro atoms. The molecular weight excluding hydrogens is 569 g/mol. The van der Waals surface area contributed by atoms with Crippen molar-refractivity contribution in [2.75, 3.05) is 0 Å². The molecule has 9 aromatic carbocycles. The highest BCUT2D eigenvalue weighted by Crippen LogP contribution is 2.47. The van der Waals surface area contributed by atoms with Gasteiger partial charge in [0.1, 0.15) is 11.2 Å². The largest absolute Gasteiger partial charge is 0.456 e. The number of hydrogen-bond acceptors (Lipinski definition) is 1. The van der Waals surface area contributed by atoms with Gasteiger partial charge < -0.3 is 4.42 Å². The smallest absolute Gasteiger partial charge is 0.136 e. The molecule has 0 bridgehead atoms. The molecule has 0 aliphatic carbocycles. The van der Waals surface area contributed by atoms with Gasteiger partial charge in [-0.25, -0.2) is 0 Å². The molecule has 1 aromatic heterocycles. The van der Waals surface area contributed by atoms with Crippen LogP contribution in [0.15, 0.2) is 174 Å². The molecule has 0 saturated carbocycles. The van der Waals surface area contributed by atoms with Gasteiger partial charge in [0.15, 0.2) is 0 Å². The highest BCUT2D eigenvalue weighted by molar-refractivity contribution is 6.26. The number of rotatable bonds is 3. The van der Waals surface area contributed by atoms with E-state index in [1.807, 2.05) is 12.1 Å². The Hall–Kier alpha value is -6.18. The van der Waals surface area contributed by atoms with Gasteiger partial charge in [-0.1, -0.05) is 146 Å². The lowest BCUT2D eigenvalue weighted by Crippen LogP contribution is -1.91. The Morgan fingerprint density at radius 2 is 1.02 bits per heavy atom. The van der Waals surface area contributed by atoms with Gasteiger partial charge in [-0.3, -0.25) is 0 Å². The van der Waals surface area contributed by atoms with E-state index in [-0.39, 0.29) is 0 Å². The zero-order valence-corrected chi connectivity index (χ0v) is 25.5. The van der Waals surface area contributed by atoms with E-state index in [1.54, 1.807) is 0 Å². The van der Waals surface area contributed by atoms with Crippen molar-refractivity contribution in [3.05, 3.63) is 170 Å². The van der Waals surface area contributed by atoms with E-state index >= 15 is 0 Å². The van der Waals surface area contributed by atoms with Crippen molar-refractivity contribution >= 4 is 65.0 Å². The summed E-state index contributed by atoms with van der Waals surface area (Å²) in [4.78, 5) is 0. The Morgan fingerprint density at radius 3 is 1.85 bits per heavy atom. The summed E-state index contributed by atoms with van der Waals surface area (Å²) < 4.78 is 15.3. The maximum atomic E-state index is 8.60. The summed E-state index contributed by atoms with van der Waals surface area (Å²) in [5, 5.41) is 11.8. The Balaban J connectivity index is 1.26. The molecule has 0 amide bonds. The van der Waals surface area contributed by atoms with E-state index in [9.17, 15) is 0 Å². The maximum Gasteiger partial charge on any atom is 0.136 e. The predicted molar refractivity (Wildman–Crippen MR) is 200 cm³/mol. The Labute approximate surface area is 273 Å². The second kappa shape index (κ2) is 10.2. The SMILES string of the molecule is [2H]c1ccc2c(-c3cccc4oc5cc(-c6cc7ccccc7c7ccccc67)ccc5c34)c3ccccc3c(-c3ccccc3)c2c1. The molecule has 1 heteroatoms. The third-order valence-corrected chi connectivity index (χ3v) is 9.78. The minimum absolute atomic E-state index is 0.502. The fourth-order valence-corrected chi connectivity index (χ4v) is 7.77. The van der Waals surface area contributed by atoms with E-state index in [0.29, 0.717) is 6.04 Å². The summed E-state index contributed by atoms with van der Waals surface area (Å²) >= 11 is 0. The van der Waals surface area contributed by atoms with Gasteiger partial charge in [0.25, 0.3) is 0 Å². The molecule has 0 aliphatic rings. The van der Waals surface area contributed by atoms with Crippen LogP contribution in [0.5, 0.6) is 0 Å². The van der Waals surface area contributed by atoms with Gasteiger partial charge in [-0.2, -0.15) is 0 Å². The normalized spacial score (nSPS) is 12.1. The van der Waals surface area contributed by atoms with Crippen LogP contribution in [-0.4, -0.2) is 0 Å². The molecule has 10 rings (SSSR count). The van der Waals surface area contributed by atoms with Crippen LogP contribution in [0, 0.1) is 0 Å². The first kappa shape index (κ1) is 25.1. The van der Waals surface area contributed by atoms with Crippen molar-refractivity contribution < 1.29 is 5.79 Å². The van der Waals surface area contributed by atoms with Crippen molar-refractivity contribution in [1.29, 1.82) is 0 Å². The van der Waals surface area contributed by atoms with Crippen LogP contribution in [-0.2, 0) is 0 Å². The van der Waals surface area contributed by atoms with Crippen molar-refractivity contribution in [2.45, 2.75) is 0 Å². The van der Waals surface area contributed by atoms with Gasteiger partial charge in [-0.05, 0) is 101 Å². The first-order valence-electron chi connectivity index (χ1n) is 16.6. The van der Waals surface area contributed by atoms with E-state index < -0.39 is 0 Å². The summed E-state index contributed by atoms with van der Waals surface area (Å²) in [6, 6.07) is 58.4. The molecule has 0 unspecified atom stereocenters. The fourth-order valence-electron chi connectivity index (χ4n) is 7.77. The summed E-state index contributed by atoms with van der Waals surface area (Å²) in [7, 11) is 0. The lowest BCUT2D eigenvalue weighted by molar-refractivity contribution is 0.669. The summed E-state index contributed by atoms with van der Waals surface area (Å²) in [5.41, 5.74) is 8.68. The van der Waals surface area contributed by atoms with Crippen molar-refractivity contribution in [1.82, 2.24) is 0 Å². The zero-order chi connectivity index (χ0) is 31.8. The molecule has 0 atom stereocenters. The van der Waals surface area contributed by atoms with Gasteiger partial charge >= 0.3 is 0 Å². The van der Waals surface area contributed by atoms with Crippen molar-refractivity contribution in [3.8, 4) is 33.4 Å². The number of benzene rings is 9. The second-order valence-corrected chi connectivity index (χ2v) is 12.3. The van der Waals surface area contributed by atoms with Crippen molar-refractivity contribution in [2.24, 2.45) is 0 Å². The van der Waals surface area contributed by atoms with Gasteiger partial charge in [0.05, 0.1) is 1.37 Å².